The third-order valence-corrected chi connectivity index (χ3v) is 3.87. The summed E-state index contributed by atoms with van der Waals surface area (Å²) in [4.78, 5) is 6.73. The number of hydrogen-bond donors (Lipinski definition) is 2. The molecule has 1 aliphatic rings. The maximum atomic E-state index is 5.38. The SMILES string of the molecule is CN=C(NCc1ccnn1C)NCC(C)CN1CCOCC1. The van der Waals surface area contributed by atoms with E-state index < -0.39 is 0 Å². The molecule has 22 heavy (non-hydrogen) atoms. The summed E-state index contributed by atoms with van der Waals surface area (Å²) in [6.45, 7) is 8.76. The smallest absolute Gasteiger partial charge is 0.191 e. The van der Waals surface area contributed by atoms with Gasteiger partial charge in [0.1, 0.15) is 0 Å². The Hall–Kier alpha value is -1.60. The van der Waals surface area contributed by atoms with Gasteiger partial charge < -0.3 is 15.4 Å². The number of aryl methyl sites for hydroxylation is 1. The van der Waals surface area contributed by atoms with Gasteiger partial charge in [0.05, 0.1) is 25.5 Å². The van der Waals surface area contributed by atoms with Crippen LogP contribution in [0.2, 0.25) is 0 Å². The summed E-state index contributed by atoms with van der Waals surface area (Å²) >= 11 is 0. The summed E-state index contributed by atoms with van der Waals surface area (Å²) < 4.78 is 7.24. The van der Waals surface area contributed by atoms with Crippen molar-refractivity contribution in [1.82, 2.24) is 25.3 Å². The zero-order valence-electron chi connectivity index (χ0n) is 13.9. The Morgan fingerprint density at radius 3 is 2.82 bits per heavy atom. The fraction of sp³-hybridized carbons (Fsp3) is 0.733. The van der Waals surface area contributed by atoms with Crippen LogP contribution >= 0.6 is 0 Å². The van der Waals surface area contributed by atoms with E-state index in [1.165, 1.54) is 0 Å². The van der Waals surface area contributed by atoms with Gasteiger partial charge >= 0.3 is 0 Å². The fourth-order valence-corrected chi connectivity index (χ4v) is 2.53. The lowest BCUT2D eigenvalue weighted by Crippen LogP contribution is -2.43. The van der Waals surface area contributed by atoms with Gasteiger partial charge in [-0.3, -0.25) is 14.6 Å². The second-order valence-electron chi connectivity index (χ2n) is 5.77. The quantitative estimate of drug-likeness (QED) is 0.574. The maximum absolute atomic E-state index is 5.38. The average molecular weight is 308 g/mol. The van der Waals surface area contributed by atoms with Crippen molar-refractivity contribution < 1.29 is 4.74 Å². The van der Waals surface area contributed by atoms with E-state index in [1.54, 1.807) is 13.2 Å². The van der Waals surface area contributed by atoms with Crippen molar-refractivity contribution in [3.8, 4) is 0 Å². The van der Waals surface area contributed by atoms with Gasteiger partial charge in [0.2, 0.25) is 0 Å². The molecule has 0 amide bonds. The summed E-state index contributed by atoms with van der Waals surface area (Å²) in [5, 5.41) is 10.9. The van der Waals surface area contributed by atoms with E-state index in [9.17, 15) is 0 Å². The highest BCUT2D eigenvalue weighted by molar-refractivity contribution is 5.79. The number of guanidine groups is 1. The zero-order chi connectivity index (χ0) is 15.8. The molecule has 1 aliphatic heterocycles. The van der Waals surface area contributed by atoms with Crippen LogP contribution in [0.25, 0.3) is 0 Å². The molecule has 0 saturated carbocycles. The van der Waals surface area contributed by atoms with Crippen LogP contribution in [0.3, 0.4) is 0 Å². The molecule has 1 aromatic heterocycles. The first-order valence-corrected chi connectivity index (χ1v) is 7.90. The fourth-order valence-electron chi connectivity index (χ4n) is 2.53. The predicted molar refractivity (Wildman–Crippen MR) is 87.8 cm³/mol. The standard InChI is InChI=1S/C15H28N6O/c1-13(12-21-6-8-22-9-7-21)10-17-15(16-2)18-11-14-4-5-19-20(14)3/h4-5,13H,6-12H2,1-3H3,(H2,16,17,18). The first-order chi connectivity index (χ1) is 10.7. The monoisotopic (exact) mass is 308 g/mol. The minimum absolute atomic E-state index is 0.563. The van der Waals surface area contributed by atoms with Crippen LogP contribution < -0.4 is 10.6 Å². The molecule has 7 heteroatoms. The van der Waals surface area contributed by atoms with Crippen molar-refractivity contribution in [2.24, 2.45) is 18.0 Å². The molecule has 2 rings (SSSR count). The molecule has 0 spiro atoms. The van der Waals surface area contributed by atoms with Gasteiger partial charge in [-0.15, -0.1) is 0 Å². The van der Waals surface area contributed by atoms with Crippen molar-refractivity contribution in [3.63, 3.8) is 0 Å². The van der Waals surface area contributed by atoms with Crippen LogP contribution in [0, 0.1) is 5.92 Å². The molecule has 1 atom stereocenters. The second-order valence-corrected chi connectivity index (χ2v) is 5.77. The van der Waals surface area contributed by atoms with E-state index in [0.717, 1.165) is 51.0 Å². The maximum Gasteiger partial charge on any atom is 0.191 e. The summed E-state index contributed by atoms with van der Waals surface area (Å²) in [6, 6.07) is 2.00. The van der Waals surface area contributed by atoms with E-state index in [1.807, 2.05) is 17.8 Å². The van der Waals surface area contributed by atoms with Crippen molar-refractivity contribution in [3.05, 3.63) is 18.0 Å². The molecule has 2 heterocycles. The molecule has 7 nitrogen and oxygen atoms in total. The molecular formula is C15H28N6O. The van der Waals surface area contributed by atoms with Gasteiger partial charge in [0, 0.05) is 46.5 Å². The van der Waals surface area contributed by atoms with Gasteiger partial charge in [-0.1, -0.05) is 6.92 Å². The second kappa shape index (κ2) is 8.75. The minimum Gasteiger partial charge on any atom is -0.379 e. The van der Waals surface area contributed by atoms with Gasteiger partial charge in [-0.2, -0.15) is 5.10 Å². The Labute approximate surface area is 132 Å². The minimum atomic E-state index is 0.563. The van der Waals surface area contributed by atoms with Crippen molar-refractivity contribution in [1.29, 1.82) is 0 Å². The van der Waals surface area contributed by atoms with Crippen LogP contribution in [0.4, 0.5) is 0 Å². The molecule has 0 aliphatic carbocycles. The molecule has 1 fully saturated rings. The number of aliphatic imine (C=N–C) groups is 1. The van der Waals surface area contributed by atoms with Gasteiger partial charge in [0.15, 0.2) is 5.96 Å². The molecule has 1 unspecified atom stereocenters. The van der Waals surface area contributed by atoms with Gasteiger partial charge in [0.25, 0.3) is 0 Å². The van der Waals surface area contributed by atoms with E-state index in [-0.39, 0.29) is 0 Å². The first-order valence-electron chi connectivity index (χ1n) is 7.90. The van der Waals surface area contributed by atoms with Crippen LogP contribution in [-0.2, 0) is 18.3 Å². The molecule has 2 N–H and O–H groups in total. The van der Waals surface area contributed by atoms with Crippen LogP contribution in [-0.4, -0.2) is 67.1 Å². The molecule has 124 valence electrons. The third kappa shape index (κ3) is 5.31. The zero-order valence-corrected chi connectivity index (χ0v) is 13.9. The number of rotatable bonds is 6. The number of nitrogens with one attached hydrogen (secondary N) is 2. The normalized spacial score (nSPS) is 18.2. The van der Waals surface area contributed by atoms with Crippen LogP contribution in [0.5, 0.6) is 0 Å². The average Bonchev–Trinajstić information content (AvgIpc) is 2.94. The Morgan fingerprint density at radius 2 is 2.18 bits per heavy atom. The summed E-state index contributed by atoms with van der Waals surface area (Å²) in [6.07, 6.45) is 1.80. The van der Waals surface area contributed by atoms with E-state index in [2.05, 4.69) is 32.5 Å². The highest BCUT2D eigenvalue weighted by atomic mass is 16.5. The van der Waals surface area contributed by atoms with E-state index in [4.69, 9.17) is 4.74 Å². The lowest BCUT2D eigenvalue weighted by molar-refractivity contribution is 0.0320. The van der Waals surface area contributed by atoms with E-state index in [0.29, 0.717) is 12.5 Å². The lowest BCUT2D eigenvalue weighted by atomic mass is 10.1. The Kier molecular flexibility index (Phi) is 6.67. The number of morpholine rings is 1. The number of nitrogens with zero attached hydrogens (tertiary/aromatic N) is 4. The Balaban J connectivity index is 1.68. The Morgan fingerprint density at radius 1 is 1.41 bits per heavy atom. The van der Waals surface area contributed by atoms with Crippen LogP contribution in [0.1, 0.15) is 12.6 Å². The molecule has 1 saturated heterocycles. The highest BCUT2D eigenvalue weighted by Gasteiger charge is 2.13. The third-order valence-electron chi connectivity index (χ3n) is 3.87. The molecule has 0 bridgehead atoms. The largest absolute Gasteiger partial charge is 0.379 e. The highest BCUT2D eigenvalue weighted by Crippen LogP contribution is 2.02. The first kappa shape index (κ1) is 16.8. The molecule has 1 aromatic rings. The van der Waals surface area contributed by atoms with E-state index >= 15 is 0 Å². The molecule has 0 aromatic carbocycles. The predicted octanol–water partition coefficient (Wildman–Crippen LogP) is 0.0534. The summed E-state index contributed by atoms with van der Waals surface area (Å²) in [5.74, 6) is 1.39. The summed E-state index contributed by atoms with van der Waals surface area (Å²) in [7, 11) is 3.74. The van der Waals surface area contributed by atoms with Crippen molar-refractivity contribution >= 4 is 5.96 Å². The Bertz CT molecular complexity index is 466. The molecule has 0 radical (unpaired) electrons. The van der Waals surface area contributed by atoms with Crippen molar-refractivity contribution in [2.45, 2.75) is 13.5 Å². The summed E-state index contributed by atoms with van der Waals surface area (Å²) in [5.41, 5.74) is 1.13. The molecular weight excluding hydrogens is 280 g/mol. The van der Waals surface area contributed by atoms with Gasteiger partial charge in [-0.25, -0.2) is 0 Å². The number of aromatic nitrogens is 2. The topological polar surface area (TPSA) is 66.7 Å². The number of ether oxygens (including phenoxy) is 1. The lowest BCUT2D eigenvalue weighted by Gasteiger charge is -2.29. The van der Waals surface area contributed by atoms with Crippen LogP contribution in [0.15, 0.2) is 17.3 Å². The van der Waals surface area contributed by atoms with Crippen molar-refractivity contribution in [2.75, 3.05) is 46.4 Å². The number of hydrogen-bond acceptors (Lipinski definition) is 4. The van der Waals surface area contributed by atoms with Gasteiger partial charge in [-0.05, 0) is 12.0 Å².